The molecule has 2 rings (SSSR count). The molecular formula is C14H17Br2N5O. The molecule has 0 atom stereocenters. The van der Waals surface area contributed by atoms with Crippen LogP contribution in [0.15, 0.2) is 33.7 Å². The molecule has 0 bridgehead atoms. The first-order chi connectivity index (χ1) is 10.5. The van der Waals surface area contributed by atoms with Gasteiger partial charge in [-0.25, -0.2) is 4.68 Å². The predicted octanol–water partition coefficient (Wildman–Crippen LogP) is 3.78. The van der Waals surface area contributed by atoms with Gasteiger partial charge in [0, 0.05) is 16.6 Å². The van der Waals surface area contributed by atoms with E-state index >= 15 is 0 Å². The van der Waals surface area contributed by atoms with Gasteiger partial charge in [-0.3, -0.25) is 0 Å². The first-order valence-corrected chi connectivity index (χ1v) is 8.35. The Hall–Kier alpha value is -1.41. The Balaban J connectivity index is 2.21. The van der Waals surface area contributed by atoms with Crippen molar-refractivity contribution in [1.29, 1.82) is 0 Å². The van der Waals surface area contributed by atoms with Crippen molar-refractivity contribution >= 4 is 37.8 Å². The SMILES string of the molecule is C=CCn1nnnc1NCc1cc(Br)cc(Br)c1OC(C)C. The Morgan fingerprint density at radius 2 is 2.18 bits per heavy atom. The number of rotatable bonds is 7. The van der Waals surface area contributed by atoms with E-state index in [4.69, 9.17) is 4.74 Å². The fourth-order valence-electron chi connectivity index (χ4n) is 1.86. The summed E-state index contributed by atoms with van der Waals surface area (Å²) >= 11 is 7.04. The molecule has 2 aromatic rings. The zero-order valence-corrected chi connectivity index (χ0v) is 15.6. The fourth-order valence-corrected chi connectivity index (χ4v) is 3.27. The molecule has 0 aliphatic heterocycles. The van der Waals surface area contributed by atoms with Gasteiger partial charge < -0.3 is 10.1 Å². The molecule has 8 heteroatoms. The Morgan fingerprint density at radius 1 is 1.41 bits per heavy atom. The van der Waals surface area contributed by atoms with Crippen molar-refractivity contribution in [2.75, 3.05) is 5.32 Å². The van der Waals surface area contributed by atoms with Crippen LogP contribution in [0.4, 0.5) is 5.95 Å². The van der Waals surface area contributed by atoms with E-state index in [0.29, 0.717) is 19.0 Å². The third-order valence-electron chi connectivity index (χ3n) is 2.71. The summed E-state index contributed by atoms with van der Waals surface area (Å²) in [6.07, 6.45) is 1.83. The van der Waals surface area contributed by atoms with Gasteiger partial charge >= 0.3 is 0 Å². The largest absolute Gasteiger partial charge is 0.489 e. The monoisotopic (exact) mass is 429 g/mol. The lowest BCUT2D eigenvalue weighted by Gasteiger charge is -2.17. The third-order valence-corrected chi connectivity index (χ3v) is 3.76. The van der Waals surface area contributed by atoms with Gasteiger partial charge in [0.05, 0.1) is 17.1 Å². The molecule has 0 saturated carbocycles. The minimum atomic E-state index is 0.0855. The van der Waals surface area contributed by atoms with Crippen LogP contribution in [0.1, 0.15) is 19.4 Å². The maximum absolute atomic E-state index is 5.90. The first kappa shape index (κ1) is 17.0. The summed E-state index contributed by atoms with van der Waals surface area (Å²) in [5, 5.41) is 14.7. The maximum Gasteiger partial charge on any atom is 0.243 e. The van der Waals surface area contributed by atoms with E-state index < -0.39 is 0 Å². The van der Waals surface area contributed by atoms with Crippen LogP contribution in [-0.2, 0) is 13.1 Å². The number of nitrogens with zero attached hydrogens (tertiary/aromatic N) is 4. The Kier molecular flexibility index (Phi) is 5.96. The Morgan fingerprint density at radius 3 is 2.86 bits per heavy atom. The summed E-state index contributed by atoms with van der Waals surface area (Å²) in [6, 6.07) is 3.97. The molecule has 0 fully saturated rings. The average molecular weight is 431 g/mol. The van der Waals surface area contributed by atoms with Crippen LogP contribution in [0.25, 0.3) is 0 Å². The number of anilines is 1. The summed E-state index contributed by atoms with van der Waals surface area (Å²) in [7, 11) is 0. The highest BCUT2D eigenvalue weighted by Gasteiger charge is 2.13. The number of hydrogen-bond acceptors (Lipinski definition) is 5. The molecule has 0 unspecified atom stereocenters. The van der Waals surface area contributed by atoms with Crippen LogP contribution in [0.5, 0.6) is 5.75 Å². The molecule has 0 aliphatic carbocycles. The molecule has 118 valence electrons. The van der Waals surface area contributed by atoms with Crippen molar-refractivity contribution in [2.45, 2.75) is 33.0 Å². The molecular weight excluding hydrogens is 414 g/mol. The number of nitrogens with one attached hydrogen (secondary N) is 1. The summed E-state index contributed by atoms with van der Waals surface area (Å²) in [5.74, 6) is 1.40. The lowest BCUT2D eigenvalue weighted by Crippen LogP contribution is -2.12. The highest BCUT2D eigenvalue weighted by molar-refractivity contribution is 9.11. The van der Waals surface area contributed by atoms with Crippen LogP contribution in [-0.4, -0.2) is 26.3 Å². The number of benzene rings is 1. The second-order valence-electron chi connectivity index (χ2n) is 4.87. The minimum absolute atomic E-state index is 0.0855. The third kappa shape index (κ3) is 4.30. The van der Waals surface area contributed by atoms with Gasteiger partial charge in [-0.2, -0.15) is 0 Å². The molecule has 6 nitrogen and oxygen atoms in total. The highest BCUT2D eigenvalue weighted by atomic mass is 79.9. The minimum Gasteiger partial charge on any atom is -0.489 e. The van der Waals surface area contributed by atoms with Crippen LogP contribution in [0, 0.1) is 0 Å². The number of allylic oxidation sites excluding steroid dienone is 1. The highest BCUT2D eigenvalue weighted by Crippen LogP contribution is 2.34. The van der Waals surface area contributed by atoms with Crippen LogP contribution in [0.2, 0.25) is 0 Å². The van der Waals surface area contributed by atoms with E-state index in [0.717, 1.165) is 20.3 Å². The summed E-state index contributed by atoms with van der Waals surface area (Å²) in [6.45, 7) is 8.77. The molecule has 0 saturated heterocycles. The summed E-state index contributed by atoms with van der Waals surface area (Å²) < 4.78 is 9.41. The lowest BCUT2D eigenvalue weighted by atomic mass is 10.2. The van der Waals surface area contributed by atoms with Gasteiger partial charge in [-0.15, -0.1) is 6.58 Å². The first-order valence-electron chi connectivity index (χ1n) is 6.76. The molecule has 1 N–H and O–H groups in total. The molecule has 0 spiro atoms. The quantitative estimate of drug-likeness (QED) is 0.677. The van der Waals surface area contributed by atoms with E-state index in [1.165, 1.54) is 0 Å². The van der Waals surface area contributed by atoms with Crippen LogP contribution >= 0.6 is 31.9 Å². The molecule has 0 amide bonds. The van der Waals surface area contributed by atoms with Crippen molar-refractivity contribution in [3.05, 3.63) is 39.3 Å². The van der Waals surface area contributed by atoms with E-state index in [1.54, 1.807) is 10.8 Å². The van der Waals surface area contributed by atoms with Gasteiger partial charge in [0.15, 0.2) is 0 Å². The van der Waals surface area contributed by atoms with E-state index in [-0.39, 0.29) is 6.10 Å². The normalized spacial score (nSPS) is 10.8. The van der Waals surface area contributed by atoms with E-state index in [2.05, 4.69) is 59.3 Å². The van der Waals surface area contributed by atoms with Crippen LogP contribution in [0.3, 0.4) is 0 Å². The predicted molar refractivity (Wildman–Crippen MR) is 92.9 cm³/mol. The number of halogens is 2. The number of aromatic nitrogens is 4. The smallest absolute Gasteiger partial charge is 0.243 e. The fraction of sp³-hybridized carbons (Fsp3) is 0.357. The summed E-state index contributed by atoms with van der Waals surface area (Å²) in [4.78, 5) is 0. The second-order valence-corrected chi connectivity index (χ2v) is 6.64. The van der Waals surface area contributed by atoms with Crippen LogP contribution < -0.4 is 10.1 Å². The number of ether oxygens (including phenoxy) is 1. The zero-order chi connectivity index (χ0) is 16.1. The molecule has 0 radical (unpaired) electrons. The molecule has 1 aromatic carbocycles. The van der Waals surface area contributed by atoms with Gasteiger partial charge in [0.1, 0.15) is 5.75 Å². The molecule has 22 heavy (non-hydrogen) atoms. The van der Waals surface area contributed by atoms with Gasteiger partial charge in [0.2, 0.25) is 5.95 Å². The molecule has 1 heterocycles. The summed E-state index contributed by atoms with van der Waals surface area (Å²) in [5.41, 5.74) is 1.00. The van der Waals surface area contributed by atoms with Crippen molar-refractivity contribution in [1.82, 2.24) is 20.2 Å². The van der Waals surface area contributed by atoms with Gasteiger partial charge in [-0.05, 0) is 52.3 Å². The lowest BCUT2D eigenvalue weighted by molar-refractivity contribution is 0.238. The van der Waals surface area contributed by atoms with Gasteiger partial charge in [-0.1, -0.05) is 27.1 Å². The van der Waals surface area contributed by atoms with Gasteiger partial charge in [0.25, 0.3) is 0 Å². The zero-order valence-electron chi connectivity index (χ0n) is 12.4. The van der Waals surface area contributed by atoms with E-state index in [9.17, 15) is 0 Å². The van der Waals surface area contributed by atoms with Crippen molar-refractivity contribution in [2.24, 2.45) is 0 Å². The number of tetrazole rings is 1. The molecule has 0 aliphatic rings. The van der Waals surface area contributed by atoms with Crippen molar-refractivity contribution in [3.63, 3.8) is 0 Å². The molecule has 1 aromatic heterocycles. The van der Waals surface area contributed by atoms with Crippen molar-refractivity contribution in [3.8, 4) is 5.75 Å². The average Bonchev–Trinajstić information content (AvgIpc) is 2.87. The second kappa shape index (κ2) is 7.73. The Bertz CT molecular complexity index is 657. The maximum atomic E-state index is 5.90. The number of hydrogen-bond donors (Lipinski definition) is 1. The van der Waals surface area contributed by atoms with Crippen molar-refractivity contribution < 1.29 is 4.74 Å². The Labute approximate surface area is 146 Å². The van der Waals surface area contributed by atoms with E-state index in [1.807, 2.05) is 26.0 Å². The topological polar surface area (TPSA) is 64.9 Å². The standard InChI is InChI=1S/C14H17Br2N5O/c1-4-5-21-14(18-19-20-21)17-8-10-6-11(15)7-12(16)13(10)22-9(2)3/h4,6-7,9H,1,5,8H2,2-3H3,(H,17,18,20).